The Bertz CT molecular complexity index is 571. The monoisotopic (exact) mass is 292 g/mol. The zero-order chi connectivity index (χ0) is 14.8. The number of halogens is 1. The van der Waals surface area contributed by atoms with Gasteiger partial charge in [-0.05, 0) is 24.3 Å². The van der Waals surface area contributed by atoms with E-state index in [1.807, 2.05) is 20.8 Å². The van der Waals surface area contributed by atoms with Gasteiger partial charge in [0.05, 0.1) is 6.33 Å². The van der Waals surface area contributed by atoms with Crippen LogP contribution in [0.15, 0.2) is 43.0 Å². The molecule has 1 heterocycles. The van der Waals surface area contributed by atoms with Crippen molar-refractivity contribution in [3.05, 3.63) is 48.0 Å². The van der Waals surface area contributed by atoms with Crippen molar-refractivity contribution < 1.29 is 9.53 Å². The molecule has 2 aromatic rings. The number of rotatable bonds is 4. The molecule has 20 heavy (non-hydrogen) atoms. The third kappa shape index (κ3) is 3.39. The average Bonchev–Trinajstić information content (AvgIpc) is 2.90. The van der Waals surface area contributed by atoms with Gasteiger partial charge in [-0.25, -0.2) is 4.98 Å². The van der Waals surface area contributed by atoms with Gasteiger partial charge >= 0.3 is 0 Å². The Kier molecular flexibility index (Phi) is 4.14. The minimum atomic E-state index is -0.737. The Hall–Kier alpha value is -1.81. The topological polar surface area (TPSA) is 44.1 Å². The highest BCUT2D eigenvalue weighted by Gasteiger charge is 2.32. The summed E-state index contributed by atoms with van der Waals surface area (Å²) in [6, 6.07) is 6.93. The molecule has 0 radical (unpaired) electrons. The van der Waals surface area contributed by atoms with Crippen molar-refractivity contribution in [1.29, 1.82) is 0 Å². The number of ether oxygens (including phenoxy) is 1. The summed E-state index contributed by atoms with van der Waals surface area (Å²) in [5.41, 5.74) is -0.513. The number of Topliss-reactive ketones (excluding diaryl/α,β-unsaturated/α-hetero) is 1. The highest BCUT2D eigenvalue weighted by Crippen LogP contribution is 2.27. The number of aromatic nitrogens is 2. The Labute approximate surface area is 123 Å². The van der Waals surface area contributed by atoms with Crippen molar-refractivity contribution in [3.8, 4) is 5.75 Å². The molecule has 0 aliphatic heterocycles. The maximum Gasteiger partial charge on any atom is 0.236 e. The summed E-state index contributed by atoms with van der Waals surface area (Å²) < 4.78 is 7.47. The lowest BCUT2D eigenvalue weighted by molar-refractivity contribution is -0.137. The van der Waals surface area contributed by atoms with Crippen molar-refractivity contribution in [2.45, 2.75) is 27.0 Å². The smallest absolute Gasteiger partial charge is 0.236 e. The number of nitrogens with zero attached hydrogens (tertiary/aromatic N) is 2. The normalized spacial score (nSPS) is 13.0. The summed E-state index contributed by atoms with van der Waals surface area (Å²) in [6.45, 7) is 5.60. The van der Waals surface area contributed by atoms with Crippen LogP contribution in [-0.4, -0.2) is 15.3 Å². The molecule has 0 aliphatic rings. The van der Waals surface area contributed by atoms with E-state index in [2.05, 4.69) is 4.98 Å². The molecule has 5 heteroatoms. The van der Waals surface area contributed by atoms with Crippen LogP contribution in [0.1, 0.15) is 27.0 Å². The SMILES string of the molecule is CC(C)(C)C(=O)[C@@H](Oc1ccc(Cl)cc1)n1ccnc1. The third-order valence-electron chi connectivity index (χ3n) is 2.82. The van der Waals surface area contributed by atoms with Gasteiger partial charge in [0.1, 0.15) is 5.75 Å². The van der Waals surface area contributed by atoms with Crippen molar-refractivity contribution in [2.24, 2.45) is 5.41 Å². The molecule has 0 spiro atoms. The molecule has 0 fully saturated rings. The number of carbonyl (C=O) groups excluding carboxylic acids is 1. The van der Waals surface area contributed by atoms with Crippen molar-refractivity contribution in [2.75, 3.05) is 0 Å². The first-order chi connectivity index (χ1) is 9.38. The fourth-order valence-corrected chi connectivity index (χ4v) is 1.80. The molecule has 2 rings (SSSR count). The molecular formula is C15H17ClN2O2. The molecule has 0 saturated carbocycles. The first kappa shape index (κ1) is 14.6. The number of benzene rings is 1. The lowest BCUT2D eigenvalue weighted by atomic mass is 9.89. The molecule has 0 N–H and O–H groups in total. The van der Waals surface area contributed by atoms with Gasteiger partial charge in [0, 0.05) is 22.8 Å². The quantitative estimate of drug-likeness (QED) is 0.862. The summed E-state index contributed by atoms with van der Waals surface area (Å²) in [7, 11) is 0. The van der Waals surface area contributed by atoms with Gasteiger partial charge in [0.2, 0.25) is 6.23 Å². The van der Waals surface area contributed by atoms with Gasteiger partial charge in [-0.15, -0.1) is 0 Å². The van der Waals surface area contributed by atoms with Crippen LogP contribution in [-0.2, 0) is 4.79 Å². The first-order valence-electron chi connectivity index (χ1n) is 6.32. The van der Waals surface area contributed by atoms with E-state index in [1.54, 1.807) is 47.6 Å². The fourth-order valence-electron chi connectivity index (χ4n) is 1.67. The van der Waals surface area contributed by atoms with E-state index in [0.717, 1.165) is 0 Å². The minimum Gasteiger partial charge on any atom is -0.463 e. The molecule has 0 saturated heterocycles. The van der Waals surface area contributed by atoms with E-state index < -0.39 is 11.6 Å². The molecular weight excluding hydrogens is 276 g/mol. The predicted molar refractivity (Wildman–Crippen MR) is 77.8 cm³/mol. The van der Waals surface area contributed by atoms with E-state index in [0.29, 0.717) is 10.8 Å². The second-order valence-corrected chi connectivity index (χ2v) is 5.98. The van der Waals surface area contributed by atoms with Gasteiger partial charge < -0.3 is 4.74 Å². The maximum atomic E-state index is 12.5. The molecule has 4 nitrogen and oxygen atoms in total. The molecule has 0 amide bonds. The molecule has 1 atom stereocenters. The third-order valence-corrected chi connectivity index (χ3v) is 3.07. The van der Waals surface area contributed by atoms with E-state index >= 15 is 0 Å². The second-order valence-electron chi connectivity index (χ2n) is 5.55. The van der Waals surface area contributed by atoms with Crippen LogP contribution < -0.4 is 4.74 Å². The molecule has 0 aliphatic carbocycles. The molecule has 0 bridgehead atoms. The standard InChI is InChI=1S/C15H17ClN2O2/c1-15(2,3)13(19)14(18-9-8-17-10-18)20-12-6-4-11(16)5-7-12/h4-10,14H,1-3H3/t14-/m1/s1. The maximum absolute atomic E-state index is 12.5. The number of ketones is 1. The van der Waals surface area contributed by atoms with Crippen molar-refractivity contribution >= 4 is 17.4 Å². The van der Waals surface area contributed by atoms with Crippen LogP contribution in [0.25, 0.3) is 0 Å². The summed E-state index contributed by atoms with van der Waals surface area (Å²) in [5, 5.41) is 0.624. The van der Waals surface area contributed by atoms with Crippen LogP contribution in [0.3, 0.4) is 0 Å². The van der Waals surface area contributed by atoms with Crippen molar-refractivity contribution in [1.82, 2.24) is 9.55 Å². The number of hydrogen-bond donors (Lipinski definition) is 0. The van der Waals surface area contributed by atoms with Crippen LogP contribution in [0.2, 0.25) is 5.02 Å². The predicted octanol–water partition coefficient (Wildman–Crippen LogP) is 3.73. The van der Waals surface area contributed by atoms with Crippen LogP contribution in [0.5, 0.6) is 5.75 Å². The van der Waals surface area contributed by atoms with Crippen LogP contribution in [0.4, 0.5) is 0 Å². The van der Waals surface area contributed by atoms with E-state index in [-0.39, 0.29) is 5.78 Å². The van der Waals surface area contributed by atoms with E-state index in [1.165, 1.54) is 0 Å². The fraction of sp³-hybridized carbons (Fsp3) is 0.333. The number of imidazole rings is 1. The minimum absolute atomic E-state index is 0.0227. The Morgan fingerprint density at radius 1 is 1.30 bits per heavy atom. The van der Waals surface area contributed by atoms with E-state index in [9.17, 15) is 4.79 Å². The van der Waals surface area contributed by atoms with Gasteiger partial charge in [-0.2, -0.15) is 0 Å². The van der Waals surface area contributed by atoms with Gasteiger partial charge in [-0.1, -0.05) is 32.4 Å². The highest BCUT2D eigenvalue weighted by molar-refractivity contribution is 6.30. The largest absolute Gasteiger partial charge is 0.463 e. The summed E-state index contributed by atoms with van der Waals surface area (Å²) in [5.74, 6) is 0.566. The van der Waals surface area contributed by atoms with Crippen molar-refractivity contribution in [3.63, 3.8) is 0 Å². The average molecular weight is 293 g/mol. The molecule has 106 valence electrons. The van der Waals surface area contributed by atoms with E-state index in [4.69, 9.17) is 16.3 Å². The number of hydrogen-bond acceptors (Lipinski definition) is 3. The summed E-state index contributed by atoms with van der Waals surface area (Å²) >= 11 is 5.85. The van der Waals surface area contributed by atoms with Crippen LogP contribution in [0, 0.1) is 5.41 Å². The Morgan fingerprint density at radius 3 is 2.45 bits per heavy atom. The second kappa shape index (κ2) is 5.67. The molecule has 0 unspecified atom stereocenters. The van der Waals surface area contributed by atoms with Gasteiger partial charge in [-0.3, -0.25) is 9.36 Å². The number of carbonyl (C=O) groups is 1. The molecule has 1 aromatic carbocycles. The highest BCUT2D eigenvalue weighted by atomic mass is 35.5. The van der Waals surface area contributed by atoms with Gasteiger partial charge in [0.25, 0.3) is 0 Å². The van der Waals surface area contributed by atoms with Gasteiger partial charge in [0.15, 0.2) is 5.78 Å². The summed E-state index contributed by atoms with van der Waals surface area (Å²) in [4.78, 5) is 16.5. The zero-order valence-electron chi connectivity index (χ0n) is 11.7. The Balaban J connectivity index is 2.28. The first-order valence-corrected chi connectivity index (χ1v) is 6.70. The lowest BCUT2D eigenvalue weighted by Crippen LogP contribution is -2.33. The molecule has 1 aromatic heterocycles. The summed E-state index contributed by atoms with van der Waals surface area (Å²) in [6.07, 6.45) is 4.17. The van der Waals surface area contributed by atoms with Crippen LogP contribution >= 0.6 is 11.6 Å². The lowest BCUT2D eigenvalue weighted by Gasteiger charge is -2.26. The Morgan fingerprint density at radius 2 is 1.95 bits per heavy atom. The zero-order valence-corrected chi connectivity index (χ0v) is 12.5.